The van der Waals surface area contributed by atoms with Crippen molar-refractivity contribution < 1.29 is 52.0 Å². The number of aromatic nitrogens is 11. The molecule has 1 N–H and O–H groups in total. The number of rotatable bonds is 15. The van der Waals surface area contributed by atoms with Gasteiger partial charge >= 0.3 is 25.0 Å². The molecule has 13 heterocycles. The van der Waals surface area contributed by atoms with Crippen LogP contribution in [0.1, 0.15) is 143 Å². The summed E-state index contributed by atoms with van der Waals surface area (Å²) in [4.78, 5) is 112. The number of methoxy groups -OCH3 is 2. The van der Waals surface area contributed by atoms with Crippen molar-refractivity contribution in [1.82, 2.24) is 59.7 Å². The Bertz CT molecular complexity index is 5900. The van der Waals surface area contributed by atoms with Gasteiger partial charge in [-0.1, -0.05) is 24.3 Å². The number of benzene rings is 4. The second-order valence-electron chi connectivity index (χ2n) is 33.3. The number of amides is 1. The Labute approximate surface area is 711 Å². The summed E-state index contributed by atoms with van der Waals surface area (Å²) in [5.74, 6) is 0.905. The highest BCUT2D eigenvalue weighted by Crippen LogP contribution is 2.62. The number of nitrogens with zero attached hydrogens (tertiary/aromatic N) is 16. The Morgan fingerprint density at radius 3 is 1.12 bits per heavy atom. The van der Waals surface area contributed by atoms with E-state index in [1.165, 1.54) is 36.5 Å². The van der Waals surface area contributed by atoms with Crippen LogP contribution in [0.4, 0.5) is 46.5 Å². The summed E-state index contributed by atoms with van der Waals surface area (Å²) < 4.78 is 39.2. The predicted molar refractivity (Wildman–Crippen MR) is 463 cm³/mol. The Morgan fingerprint density at radius 1 is 0.438 bits per heavy atom. The lowest BCUT2D eigenvalue weighted by molar-refractivity contribution is 0.00578. The topological polar surface area (TPSA) is 310 Å². The van der Waals surface area contributed by atoms with Crippen molar-refractivity contribution >= 4 is 117 Å². The van der Waals surface area contributed by atoms with Crippen LogP contribution in [0.5, 0.6) is 0 Å². The summed E-state index contributed by atoms with van der Waals surface area (Å²) in [7, 11) is 1.23. The molecule has 121 heavy (non-hydrogen) atoms. The van der Waals surface area contributed by atoms with Crippen LogP contribution < -0.4 is 25.1 Å². The molecule has 0 bridgehead atoms. The number of ether oxygens (including phenoxy) is 3. The quantitative estimate of drug-likeness (QED) is 0.0566. The van der Waals surface area contributed by atoms with E-state index >= 15 is 0 Å². The number of carbonyl (C=O) groups is 4. The first kappa shape index (κ1) is 80.6. The lowest BCUT2D eigenvalue weighted by Gasteiger charge is -2.32. The van der Waals surface area contributed by atoms with Crippen LogP contribution in [0, 0.1) is 0 Å². The molecule has 4 saturated carbocycles. The lowest BCUT2D eigenvalue weighted by atomic mass is 9.81. The first-order chi connectivity index (χ1) is 58.4. The molecule has 1 atom stereocenters. The molecular weight excluding hydrogens is 1590 g/mol. The van der Waals surface area contributed by atoms with E-state index < -0.39 is 35.1 Å². The third-order valence-electron chi connectivity index (χ3n) is 25.3. The van der Waals surface area contributed by atoms with Gasteiger partial charge in [-0.2, -0.15) is 0 Å². The van der Waals surface area contributed by atoms with Crippen molar-refractivity contribution in [3.05, 3.63) is 222 Å². The summed E-state index contributed by atoms with van der Waals surface area (Å²) in [6.45, 7) is 13.8. The van der Waals surface area contributed by atoms with Gasteiger partial charge in [0.2, 0.25) is 23.8 Å². The number of aromatic carboxylic acids is 1. The number of esters is 2. The number of thioether (sulfide) groups is 2. The maximum absolute atomic E-state index is 13.1. The molecule has 6 fully saturated rings. The normalized spacial score (nSPS) is 18.5. The van der Waals surface area contributed by atoms with Gasteiger partial charge in [0.1, 0.15) is 0 Å². The average Bonchev–Trinajstić information content (AvgIpc) is 1.57. The van der Waals surface area contributed by atoms with Gasteiger partial charge in [0.15, 0.2) is 0 Å². The fourth-order valence-electron chi connectivity index (χ4n) is 16.9. The molecule has 10 aliphatic rings. The minimum atomic E-state index is -1.08. The number of hydrogen-bond donors (Lipinski definition) is 1. The first-order valence-electron chi connectivity index (χ1n) is 40.3. The van der Waals surface area contributed by atoms with Crippen LogP contribution in [0.2, 0.25) is 0 Å². The van der Waals surface area contributed by atoms with E-state index in [1.807, 2.05) is 141 Å². The van der Waals surface area contributed by atoms with Crippen molar-refractivity contribution in [3.8, 4) is 33.8 Å². The molecule has 4 spiro atoms. The molecule has 0 radical (unpaired) electrons. The average molecular weight is 1680 g/mol. The van der Waals surface area contributed by atoms with Crippen molar-refractivity contribution in [2.24, 2.45) is 0 Å². The number of hydrogen-bond acceptors (Lipinski definition) is 27. The first-order valence-corrected chi connectivity index (χ1v) is 44.3. The van der Waals surface area contributed by atoms with Crippen LogP contribution in [0.25, 0.3) is 33.8 Å². The lowest BCUT2D eigenvalue weighted by Crippen LogP contribution is -2.41. The molecule has 11 aromatic rings. The standard InChI is InChI=1S/C25H25N5O3S.C22H26BN3O4.C22H20N4O2S.C21H18N4O2S/c1-34(32)19-4-7-26-21(13-19)18-14-27-24(28-15-18)30-16-25(5-6-25)20-3-2-17(12-22(20)30)23(31)29-8-10-33-11-9-29;1-20(2)21(3,4)30-23(29-20)15-11-24-19(25-12-15)26-13-22(8-9-22)16-7-6-14(10-17(16)26)18(27)28-5;1-28-20(27)14-3-4-17-19(9-14)26(13-22(17)6-7-22)21-24-11-15(12-25-21)18-10-16(29-2)5-8-23-18;1-28-15-4-7-22-17(9-15)14-10-23-20(24-11-14)25-12-21(5-6-21)16-3-2-13(19(26)27)8-18(16)25/h2-4,7,12-15H,5-6,8-11,16H2,1H3;6-7,10-12H,8-9,13H2,1-5H3;3-5,8-12H,6-7,13H2,1-2H3;2-4,7-11H,5-6,12H2,1H3,(H,26,27). The minimum Gasteiger partial charge on any atom is -0.478 e. The fraction of sp³-hybridized carbons (Fsp3) is 0.344. The Kier molecular flexibility index (Phi) is 21.2. The smallest absolute Gasteiger partial charge is 0.478 e. The molecule has 1 unspecified atom stereocenters. The molecule has 2 saturated heterocycles. The van der Waals surface area contributed by atoms with Gasteiger partial charge in [-0.3, -0.25) is 24.0 Å². The minimum absolute atomic E-state index is 0.0401. The molecule has 27 nitrogen and oxygen atoms in total. The van der Waals surface area contributed by atoms with Gasteiger partial charge in [-0.05, 0) is 199 Å². The van der Waals surface area contributed by atoms with Crippen molar-refractivity contribution in [2.75, 3.05) is 105 Å². The maximum atomic E-state index is 13.1. The number of carboxylic acid groups (broad SMARTS) is 1. The number of anilines is 8. The van der Waals surface area contributed by atoms with Crippen LogP contribution in [0.15, 0.2) is 192 Å². The third-order valence-corrected chi connectivity index (χ3v) is 27.6. The van der Waals surface area contributed by atoms with Crippen LogP contribution in [-0.2, 0) is 56.0 Å². The number of morpholine rings is 1. The molecule has 21 rings (SSSR count). The summed E-state index contributed by atoms with van der Waals surface area (Å²) in [6.07, 6.45) is 34.3. The summed E-state index contributed by atoms with van der Waals surface area (Å²) >= 11 is 3.35. The highest BCUT2D eigenvalue weighted by atomic mass is 32.2. The van der Waals surface area contributed by atoms with Gasteiger partial charge in [-0.15, -0.1) is 23.5 Å². The van der Waals surface area contributed by atoms with Crippen LogP contribution >= 0.6 is 23.5 Å². The summed E-state index contributed by atoms with van der Waals surface area (Å²) in [6, 6.07) is 34.6. The predicted octanol–water partition coefficient (Wildman–Crippen LogP) is 14.0. The number of pyridine rings is 3. The Balaban J connectivity index is 0.000000111. The van der Waals surface area contributed by atoms with Gasteiger partial charge in [0.05, 0.1) is 72.4 Å². The highest BCUT2D eigenvalue weighted by Gasteiger charge is 2.57. The molecule has 7 aromatic heterocycles. The zero-order valence-corrected chi connectivity index (χ0v) is 71.0. The Morgan fingerprint density at radius 2 is 0.769 bits per heavy atom. The van der Waals surface area contributed by atoms with E-state index in [1.54, 1.807) is 104 Å². The highest BCUT2D eigenvalue weighted by molar-refractivity contribution is 7.98. The number of carbonyl (C=O) groups excluding carboxylic acids is 3. The molecule has 31 heteroatoms. The van der Waals surface area contributed by atoms with Gasteiger partial charge in [0, 0.05) is 211 Å². The zero-order valence-electron chi connectivity index (χ0n) is 68.5. The molecule has 1 amide bonds. The van der Waals surface area contributed by atoms with Gasteiger partial charge in [-0.25, -0.2) is 54.3 Å². The van der Waals surface area contributed by atoms with E-state index in [0.717, 1.165) is 149 Å². The number of fused-ring (bicyclic) bond motifs is 8. The van der Waals surface area contributed by atoms with Crippen molar-refractivity contribution in [3.63, 3.8) is 0 Å². The number of carboxylic acids is 1. The van der Waals surface area contributed by atoms with E-state index in [2.05, 4.69) is 81.7 Å². The SMILES string of the molecule is COC(=O)c1ccc2c(c1)N(c1ncc(-c3cc(SC)ccn3)cn1)CC21CC1.COC(=O)c1ccc2c(c1)N(c1ncc(B3OC(C)(C)C(C)(C)O3)cn1)CC21CC1.CS(=O)c1ccnc(-c2cnc(N3CC4(CC4)c4ccc(C(=O)N5CCOCC5)cc43)nc2)c1.CSc1ccnc(-c2cnc(N3CC4(CC4)c4ccc(C(=O)O)cc43)nc2)c1. The summed E-state index contributed by atoms with van der Waals surface area (Å²) in [5.41, 5.74) is 16.4. The third kappa shape index (κ3) is 15.5. The van der Waals surface area contributed by atoms with E-state index in [0.29, 0.717) is 72.5 Å². The van der Waals surface area contributed by atoms with E-state index in [9.17, 15) is 28.5 Å². The van der Waals surface area contributed by atoms with Crippen LogP contribution in [-0.4, -0.2) is 197 Å². The van der Waals surface area contributed by atoms with Gasteiger partial charge in [0.25, 0.3) is 5.91 Å². The summed E-state index contributed by atoms with van der Waals surface area (Å²) in [5, 5.41) is 9.37. The second kappa shape index (κ2) is 31.8. The van der Waals surface area contributed by atoms with Crippen LogP contribution in [0.3, 0.4) is 0 Å². The molecular formula is C90H89BN16O11S3. The molecule has 616 valence electrons. The maximum Gasteiger partial charge on any atom is 0.498 e. The second-order valence-corrected chi connectivity index (χ2v) is 36.4. The van der Waals surface area contributed by atoms with E-state index in [4.69, 9.17) is 23.5 Å². The molecule has 6 aliphatic heterocycles. The van der Waals surface area contributed by atoms with Gasteiger partial charge < -0.3 is 53.1 Å². The zero-order chi connectivity index (χ0) is 83.9. The fourth-order valence-corrected chi connectivity index (χ4v) is 18.3. The molecule has 4 aromatic carbocycles. The molecule has 4 aliphatic carbocycles. The van der Waals surface area contributed by atoms with E-state index in [-0.39, 0.29) is 45.1 Å². The largest absolute Gasteiger partial charge is 0.498 e. The monoisotopic (exact) mass is 1680 g/mol. The van der Waals surface area contributed by atoms with Crippen molar-refractivity contribution in [1.29, 1.82) is 0 Å². The van der Waals surface area contributed by atoms with Crippen molar-refractivity contribution in [2.45, 2.75) is 127 Å². The Hall–Kier alpha value is -11.5.